The van der Waals surface area contributed by atoms with E-state index in [-0.39, 0.29) is 12.5 Å². The van der Waals surface area contributed by atoms with Gasteiger partial charge in [0.05, 0.1) is 6.61 Å². The minimum atomic E-state index is -0.655. The number of hydrogen-bond acceptors (Lipinski definition) is 4. The lowest BCUT2D eigenvalue weighted by molar-refractivity contribution is -0.145. The van der Waals surface area contributed by atoms with Crippen LogP contribution in [0.2, 0.25) is 0 Å². The van der Waals surface area contributed by atoms with Crippen LogP contribution in [0.3, 0.4) is 0 Å². The first-order chi connectivity index (χ1) is 9.01. The molecular formula is C12H23N3O4. The monoisotopic (exact) mass is 273 g/mol. The van der Waals surface area contributed by atoms with E-state index in [4.69, 9.17) is 4.74 Å². The lowest BCUT2D eigenvalue weighted by Gasteiger charge is -2.16. The number of hydrogen-bond donors (Lipinski definition) is 3. The van der Waals surface area contributed by atoms with Gasteiger partial charge in [0.1, 0.15) is 6.04 Å². The molecule has 0 aliphatic heterocycles. The van der Waals surface area contributed by atoms with Crippen LogP contribution in [0.4, 0.5) is 4.79 Å². The van der Waals surface area contributed by atoms with Crippen LogP contribution < -0.4 is 16.0 Å². The summed E-state index contributed by atoms with van der Waals surface area (Å²) >= 11 is 0. The Morgan fingerprint density at radius 2 is 1.89 bits per heavy atom. The molecule has 0 spiro atoms. The number of nitrogens with one attached hydrogen (secondary N) is 3. The van der Waals surface area contributed by atoms with Crippen LogP contribution in [-0.2, 0) is 14.3 Å². The maximum Gasteiger partial charge on any atom is 0.328 e. The van der Waals surface area contributed by atoms with E-state index in [1.54, 1.807) is 6.92 Å². The van der Waals surface area contributed by atoms with E-state index in [9.17, 15) is 14.4 Å². The third kappa shape index (κ3) is 8.87. The van der Waals surface area contributed by atoms with Gasteiger partial charge in [-0.3, -0.25) is 4.79 Å². The first-order valence-corrected chi connectivity index (χ1v) is 6.40. The zero-order valence-corrected chi connectivity index (χ0v) is 11.7. The van der Waals surface area contributed by atoms with Gasteiger partial charge in [-0.2, -0.15) is 0 Å². The van der Waals surface area contributed by atoms with Crippen LogP contribution in [0.15, 0.2) is 0 Å². The fourth-order valence-electron chi connectivity index (χ4n) is 1.46. The van der Waals surface area contributed by atoms with Gasteiger partial charge in [0.2, 0.25) is 5.91 Å². The van der Waals surface area contributed by atoms with E-state index in [1.165, 1.54) is 14.0 Å². The maximum atomic E-state index is 11.6. The third-order valence-electron chi connectivity index (χ3n) is 2.40. The fraction of sp³-hybridized carbons (Fsp3) is 0.750. The van der Waals surface area contributed by atoms with Gasteiger partial charge in [0.25, 0.3) is 0 Å². The number of carbonyl (C=O) groups excluding carboxylic acids is 3. The van der Waals surface area contributed by atoms with Gasteiger partial charge in [0.15, 0.2) is 0 Å². The zero-order chi connectivity index (χ0) is 14.7. The maximum absolute atomic E-state index is 11.6. The van der Waals surface area contributed by atoms with Gasteiger partial charge >= 0.3 is 12.0 Å². The van der Waals surface area contributed by atoms with Crippen LogP contribution >= 0.6 is 0 Å². The molecule has 1 atom stereocenters. The normalized spacial score (nSPS) is 11.3. The Labute approximate surface area is 113 Å². The van der Waals surface area contributed by atoms with Crippen molar-refractivity contribution in [2.75, 3.05) is 20.2 Å². The number of ether oxygens (including phenoxy) is 1. The smallest absolute Gasteiger partial charge is 0.328 e. The average Bonchev–Trinajstić information content (AvgIpc) is 2.36. The van der Waals surface area contributed by atoms with Gasteiger partial charge in [-0.1, -0.05) is 0 Å². The highest BCUT2D eigenvalue weighted by Crippen LogP contribution is 2.03. The van der Waals surface area contributed by atoms with Crippen molar-refractivity contribution in [2.45, 2.75) is 39.2 Å². The highest BCUT2D eigenvalue weighted by atomic mass is 16.5. The second-order valence-electron chi connectivity index (χ2n) is 4.01. The summed E-state index contributed by atoms with van der Waals surface area (Å²) in [6, 6.07) is -1.07. The molecule has 0 saturated heterocycles. The molecule has 7 nitrogen and oxygen atoms in total. The number of esters is 1. The van der Waals surface area contributed by atoms with E-state index >= 15 is 0 Å². The Kier molecular flexibility index (Phi) is 9.20. The Morgan fingerprint density at radius 3 is 2.42 bits per heavy atom. The number of urea groups is 1. The van der Waals surface area contributed by atoms with Gasteiger partial charge in [-0.25, -0.2) is 9.59 Å². The third-order valence-corrected chi connectivity index (χ3v) is 2.40. The SMILES string of the molecule is CCOC(=O)C(CCCCNC(C)=O)NC(=O)NC. The zero-order valence-electron chi connectivity index (χ0n) is 11.7. The number of rotatable bonds is 8. The van der Waals surface area contributed by atoms with Crippen molar-refractivity contribution in [1.29, 1.82) is 0 Å². The molecule has 0 aromatic rings. The molecule has 0 aromatic carbocycles. The van der Waals surface area contributed by atoms with Crippen LogP contribution in [-0.4, -0.2) is 44.1 Å². The van der Waals surface area contributed by atoms with Crippen molar-refractivity contribution in [3.63, 3.8) is 0 Å². The molecule has 0 aliphatic rings. The first-order valence-electron chi connectivity index (χ1n) is 6.40. The number of amides is 3. The largest absolute Gasteiger partial charge is 0.464 e. The van der Waals surface area contributed by atoms with Gasteiger partial charge < -0.3 is 20.7 Å². The second-order valence-corrected chi connectivity index (χ2v) is 4.01. The van der Waals surface area contributed by atoms with Crippen molar-refractivity contribution in [2.24, 2.45) is 0 Å². The quantitative estimate of drug-likeness (QED) is 0.433. The second kappa shape index (κ2) is 10.2. The lowest BCUT2D eigenvalue weighted by atomic mass is 10.1. The van der Waals surface area contributed by atoms with Crippen LogP contribution in [0.25, 0.3) is 0 Å². The minimum absolute atomic E-state index is 0.0783. The number of unbranched alkanes of at least 4 members (excludes halogenated alkanes) is 1. The first kappa shape index (κ1) is 17.2. The van der Waals surface area contributed by atoms with E-state index in [0.717, 1.165) is 6.42 Å². The highest BCUT2D eigenvalue weighted by molar-refractivity contribution is 5.83. The molecular weight excluding hydrogens is 250 g/mol. The standard InChI is InChI=1S/C12H23N3O4/c1-4-19-11(17)10(15-12(18)13-3)7-5-6-8-14-9(2)16/h10H,4-8H2,1-3H3,(H,14,16)(H2,13,15,18). The Hall–Kier alpha value is -1.79. The average molecular weight is 273 g/mol. The molecule has 1 unspecified atom stereocenters. The molecule has 7 heteroatoms. The molecule has 0 aliphatic carbocycles. The number of carbonyl (C=O) groups is 3. The molecule has 19 heavy (non-hydrogen) atoms. The highest BCUT2D eigenvalue weighted by Gasteiger charge is 2.20. The fourth-order valence-corrected chi connectivity index (χ4v) is 1.46. The topological polar surface area (TPSA) is 96.5 Å². The molecule has 0 rings (SSSR count). The molecule has 0 bridgehead atoms. The van der Waals surface area contributed by atoms with Gasteiger partial charge in [0, 0.05) is 20.5 Å². The van der Waals surface area contributed by atoms with Crippen LogP contribution in [0.5, 0.6) is 0 Å². The summed E-state index contributed by atoms with van der Waals surface area (Å²) in [6.07, 6.45) is 1.92. The Balaban J connectivity index is 4.07. The Bertz CT molecular complexity index is 307. The van der Waals surface area contributed by atoms with Crippen LogP contribution in [0.1, 0.15) is 33.1 Å². The summed E-state index contributed by atoms with van der Waals surface area (Å²) in [5.41, 5.74) is 0. The molecule has 0 aromatic heterocycles. The summed E-state index contributed by atoms with van der Waals surface area (Å²) < 4.78 is 4.89. The molecule has 0 radical (unpaired) electrons. The molecule has 0 heterocycles. The van der Waals surface area contributed by atoms with Crippen molar-refractivity contribution < 1.29 is 19.1 Å². The minimum Gasteiger partial charge on any atom is -0.464 e. The van der Waals surface area contributed by atoms with Crippen molar-refractivity contribution >= 4 is 17.9 Å². The van der Waals surface area contributed by atoms with Crippen molar-refractivity contribution in [3.05, 3.63) is 0 Å². The van der Waals surface area contributed by atoms with Gasteiger partial charge in [-0.05, 0) is 26.2 Å². The van der Waals surface area contributed by atoms with E-state index in [2.05, 4.69) is 16.0 Å². The lowest BCUT2D eigenvalue weighted by Crippen LogP contribution is -2.45. The summed E-state index contributed by atoms with van der Waals surface area (Å²) in [6.45, 7) is 4.00. The van der Waals surface area contributed by atoms with Crippen molar-refractivity contribution in [1.82, 2.24) is 16.0 Å². The molecule has 3 amide bonds. The van der Waals surface area contributed by atoms with Crippen LogP contribution in [0, 0.1) is 0 Å². The molecule has 0 saturated carbocycles. The molecule has 3 N–H and O–H groups in total. The predicted octanol–water partition coefficient (Wildman–Crippen LogP) is 0.154. The summed E-state index contributed by atoms with van der Waals surface area (Å²) in [5.74, 6) is -0.518. The summed E-state index contributed by atoms with van der Waals surface area (Å²) in [4.78, 5) is 33.5. The Morgan fingerprint density at radius 1 is 1.21 bits per heavy atom. The van der Waals surface area contributed by atoms with E-state index < -0.39 is 18.0 Å². The van der Waals surface area contributed by atoms with Gasteiger partial charge in [-0.15, -0.1) is 0 Å². The van der Waals surface area contributed by atoms with Crippen molar-refractivity contribution in [3.8, 4) is 0 Å². The molecule has 110 valence electrons. The van der Waals surface area contributed by atoms with E-state index in [0.29, 0.717) is 19.4 Å². The predicted molar refractivity (Wildman–Crippen MR) is 70.5 cm³/mol. The van der Waals surface area contributed by atoms with E-state index in [1.807, 2.05) is 0 Å². The summed E-state index contributed by atoms with van der Waals surface area (Å²) in [5, 5.41) is 7.60. The summed E-state index contributed by atoms with van der Waals surface area (Å²) in [7, 11) is 1.48. The molecule has 0 fully saturated rings.